The van der Waals surface area contributed by atoms with E-state index in [9.17, 15) is 0 Å². The van der Waals surface area contributed by atoms with E-state index >= 15 is 0 Å². The molecular weight excluding hydrogens is 480 g/mol. The maximum atomic E-state index is 6.43. The van der Waals surface area contributed by atoms with Gasteiger partial charge in [0.1, 0.15) is 5.82 Å². The van der Waals surface area contributed by atoms with Crippen molar-refractivity contribution in [2.75, 3.05) is 29.9 Å². The summed E-state index contributed by atoms with van der Waals surface area (Å²) < 4.78 is 8.20. The summed E-state index contributed by atoms with van der Waals surface area (Å²) in [6.45, 7) is 16.0. The molecule has 0 aliphatic carbocycles. The number of anilines is 3. The minimum atomic E-state index is -1.79. The van der Waals surface area contributed by atoms with Gasteiger partial charge in [0.25, 0.3) is 0 Å². The molecule has 0 radical (unpaired) electrons. The van der Waals surface area contributed by atoms with E-state index in [4.69, 9.17) is 9.41 Å². The fourth-order valence-electron chi connectivity index (χ4n) is 3.79. The number of pyridine rings is 2. The van der Waals surface area contributed by atoms with Crippen molar-refractivity contribution in [1.82, 2.24) is 29.9 Å². The Morgan fingerprint density at radius 3 is 2.51 bits per heavy atom. The average Bonchev–Trinajstić information content (AvgIpc) is 3.29. The molecule has 0 aliphatic rings. The zero-order valence-electron chi connectivity index (χ0n) is 23.0. The first-order valence-electron chi connectivity index (χ1n) is 12.8. The second kappa shape index (κ2) is 10.9. The molecule has 0 atom stereocenters. The van der Waals surface area contributed by atoms with Gasteiger partial charge in [0.15, 0.2) is 14.1 Å². The summed E-state index contributed by atoms with van der Waals surface area (Å²) in [5.41, 5.74) is 4.62. The van der Waals surface area contributed by atoms with Gasteiger partial charge < -0.3 is 14.6 Å². The molecule has 0 aliphatic heterocycles. The monoisotopic (exact) mass is 518 g/mol. The van der Waals surface area contributed by atoms with E-state index < -0.39 is 8.32 Å². The van der Waals surface area contributed by atoms with Crippen LogP contribution in [0, 0.1) is 0 Å². The van der Waals surface area contributed by atoms with Crippen LogP contribution in [0.25, 0.3) is 22.2 Å². The second-order valence-electron chi connectivity index (χ2n) is 10.9. The average molecular weight is 519 g/mol. The molecule has 1 N–H and O–H groups in total. The van der Waals surface area contributed by atoms with Gasteiger partial charge in [-0.2, -0.15) is 10.2 Å². The van der Waals surface area contributed by atoms with Gasteiger partial charge in [-0.25, -0.2) is 4.98 Å². The molecule has 0 aromatic carbocycles. The summed E-state index contributed by atoms with van der Waals surface area (Å²) in [4.78, 5) is 11.6. The molecule has 0 saturated heterocycles. The minimum Gasteiger partial charge on any atom is -0.415 e. The van der Waals surface area contributed by atoms with Crippen LogP contribution in [0.15, 0.2) is 49.1 Å². The summed E-state index contributed by atoms with van der Waals surface area (Å²) in [5, 5.41) is 16.3. The molecule has 10 heteroatoms. The molecule has 9 nitrogen and oxygen atoms in total. The summed E-state index contributed by atoms with van der Waals surface area (Å²) in [7, 11) is 0.109. The summed E-state index contributed by atoms with van der Waals surface area (Å²) >= 11 is 0. The third-order valence-electron chi connectivity index (χ3n) is 6.96. The molecule has 4 aromatic heterocycles. The van der Waals surface area contributed by atoms with Crippen LogP contribution >= 0.6 is 0 Å². The largest absolute Gasteiger partial charge is 0.415 e. The Hall–Kier alpha value is -3.37. The molecule has 0 saturated carbocycles. The lowest BCUT2D eigenvalue weighted by atomic mass is 10.1. The van der Waals surface area contributed by atoms with Crippen LogP contribution in [-0.4, -0.2) is 58.0 Å². The van der Waals surface area contributed by atoms with Crippen LogP contribution in [0.2, 0.25) is 18.1 Å². The first-order chi connectivity index (χ1) is 17.6. The predicted octanol–water partition coefficient (Wildman–Crippen LogP) is 5.80. The minimum absolute atomic E-state index is 0.193. The van der Waals surface area contributed by atoms with E-state index in [-0.39, 0.29) is 5.04 Å². The highest BCUT2D eigenvalue weighted by Gasteiger charge is 2.37. The van der Waals surface area contributed by atoms with E-state index in [0.717, 1.165) is 47.4 Å². The van der Waals surface area contributed by atoms with E-state index in [1.165, 1.54) is 0 Å². The predicted molar refractivity (Wildman–Crippen MR) is 153 cm³/mol. The molecule has 0 amide bonds. The van der Waals surface area contributed by atoms with Crippen LogP contribution < -0.4 is 10.2 Å². The molecule has 196 valence electrons. The van der Waals surface area contributed by atoms with Crippen molar-refractivity contribution in [2.24, 2.45) is 7.05 Å². The molecule has 4 aromatic rings. The Morgan fingerprint density at radius 1 is 1.00 bits per heavy atom. The molecule has 37 heavy (non-hydrogen) atoms. The van der Waals surface area contributed by atoms with E-state index in [0.29, 0.717) is 18.2 Å². The normalized spacial score (nSPS) is 12.2. The fraction of sp³-hybridized carbons (Fsp3) is 0.444. The van der Waals surface area contributed by atoms with Crippen molar-refractivity contribution in [3.63, 3.8) is 0 Å². The quantitative estimate of drug-likeness (QED) is 0.263. The summed E-state index contributed by atoms with van der Waals surface area (Å²) in [6.07, 6.45) is 8.48. The molecule has 0 spiro atoms. The van der Waals surface area contributed by atoms with Gasteiger partial charge in [-0.1, -0.05) is 27.7 Å². The zero-order chi connectivity index (χ0) is 26.6. The maximum Gasteiger partial charge on any atom is 0.192 e. The number of nitrogens with zero attached hydrogens (tertiary/aromatic N) is 7. The van der Waals surface area contributed by atoms with Crippen LogP contribution in [0.4, 0.5) is 17.3 Å². The topological polar surface area (TPSA) is 93.9 Å². The first kappa shape index (κ1) is 26.7. The number of aromatic nitrogens is 6. The third-order valence-corrected chi connectivity index (χ3v) is 11.5. The van der Waals surface area contributed by atoms with Crippen molar-refractivity contribution in [1.29, 1.82) is 0 Å². The number of hydrogen-bond acceptors (Lipinski definition) is 8. The SMILES string of the molecule is CCCN(CCO[Si](C)(C)C(C)(C)C)c1cnnc(Nc2ccc3ncc(-c4cnn(C)c4)cc3n2)c1. The Labute approximate surface area is 220 Å². The van der Waals surface area contributed by atoms with Gasteiger partial charge in [0, 0.05) is 49.7 Å². The highest BCUT2D eigenvalue weighted by Crippen LogP contribution is 2.36. The van der Waals surface area contributed by atoms with E-state index in [2.05, 4.69) is 71.3 Å². The van der Waals surface area contributed by atoms with Gasteiger partial charge in [-0.3, -0.25) is 9.67 Å². The van der Waals surface area contributed by atoms with Crippen molar-refractivity contribution in [2.45, 2.75) is 52.2 Å². The molecule has 0 bridgehead atoms. The second-order valence-corrected chi connectivity index (χ2v) is 15.7. The summed E-state index contributed by atoms with van der Waals surface area (Å²) in [6, 6.07) is 7.91. The molecule has 0 unspecified atom stereocenters. The van der Waals surface area contributed by atoms with Crippen molar-refractivity contribution < 1.29 is 4.43 Å². The first-order valence-corrected chi connectivity index (χ1v) is 15.7. The molecular formula is C27H38N8OSi. The maximum absolute atomic E-state index is 6.43. The lowest BCUT2D eigenvalue weighted by molar-refractivity contribution is 0.294. The van der Waals surface area contributed by atoms with Crippen molar-refractivity contribution in [3.05, 3.63) is 49.1 Å². The van der Waals surface area contributed by atoms with Gasteiger partial charge in [-0.05, 0) is 42.8 Å². The lowest BCUT2D eigenvalue weighted by Gasteiger charge is -2.37. The van der Waals surface area contributed by atoms with Gasteiger partial charge in [0.05, 0.1) is 35.7 Å². The van der Waals surface area contributed by atoms with Crippen molar-refractivity contribution in [3.8, 4) is 11.1 Å². The van der Waals surface area contributed by atoms with Gasteiger partial charge >= 0.3 is 0 Å². The number of fused-ring (bicyclic) bond motifs is 1. The van der Waals surface area contributed by atoms with E-state index in [1.807, 2.05) is 56.1 Å². The standard InChI is InChI=1S/C27H38N8OSi/c1-8-11-35(12-13-36-37(6,7)27(2,3)4)22-15-26(33-29-18-22)32-25-10-9-23-24(31-25)14-20(16-28-23)21-17-30-34(5)19-21/h9-10,14-19H,8,11-13H2,1-7H3,(H,31,32,33). The number of hydrogen-bond donors (Lipinski definition) is 1. The Bertz CT molecular complexity index is 1350. The molecule has 4 rings (SSSR count). The fourth-order valence-corrected chi connectivity index (χ4v) is 4.83. The van der Waals surface area contributed by atoms with Gasteiger partial charge in [0.2, 0.25) is 0 Å². The molecule has 4 heterocycles. The van der Waals surface area contributed by atoms with Crippen molar-refractivity contribution >= 4 is 36.7 Å². The number of rotatable bonds is 10. The third kappa shape index (κ3) is 6.50. The number of aryl methyl sites for hydroxylation is 1. The van der Waals surface area contributed by atoms with Crippen LogP contribution in [-0.2, 0) is 11.5 Å². The highest BCUT2D eigenvalue weighted by molar-refractivity contribution is 6.74. The number of nitrogens with one attached hydrogen (secondary N) is 1. The Morgan fingerprint density at radius 2 is 1.81 bits per heavy atom. The lowest BCUT2D eigenvalue weighted by Crippen LogP contribution is -2.43. The van der Waals surface area contributed by atoms with Crippen LogP contribution in [0.5, 0.6) is 0 Å². The zero-order valence-corrected chi connectivity index (χ0v) is 24.0. The van der Waals surface area contributed by atoms with Crippen LogP contribution in [0.3, 0.4) is 0 Å². The Balaban J connectivity index is 1.49. The van der Waals surface area contributed by atoms with E-state index in [1.54, 1.807) is 4.68 Å². The van der Waals surface area contributed by atoms with Crippen LogP contribution in [0.1, 0.15) is 34.1 Å². The molecule has 0 fully saturated rings. The smallest absolute Gasteiger partial charge is 0.192 e. The van der Waals surface area contributed by atoms with Gasteiger partial charge in [-0.15, -0.1) is 5.10 Å². The Kier molecular flexibility index (Phi) is 7.89. The summed E-state index contributed by atoms with van der Waals surface area (Å²) in [5.74, 6) is 1.33. The highest BCUT2D eigenvalue weighted by atomic mass is 28.4.